The number of carbonyl (C=O) groups is 1. The molecule has 0 aliphatic rings. The maximum absolute atomic E-state index is 12.1. The van der Waals surface area contributed by atoms with E-state index in [4.69, 9.17) is 9.47 Å². The van der Waals surface area contributed by atoms with Crippen molar-refractivity contribution in [3.63, 3.8) is 0 Å². The van der Waals surface area contributed by atoms with Crippen LogP contribution in [0, 0.1) is 6.92 Å². The number of rotatable bonds is 8. The summed E-state index contributed by atoms with van der Waals surface area (Å²) in [5.41, 5.74) is 3.35. The van der Waals surface area contributed by atoms with Crippen molar-refractivity contribution >= 4 is 17.4 Å². The number of nitrogens with one attached hydrogen (secondary N) is 2. The Hall–Kier alpha value is -3.54. The van der Waals surface area contributed by atoms with Crippen molar-refractivity contribution in [2.24, 2.45) is 0 Å². The zero-order valence-electron chi connectivity index (χ0n) is 15.9. The molecule has 0 aliphatic heterocycles. The van der Waals surface area contributed by atoms with Gasteiger partial charge in [0, 0.05) is 6.54 Å². The van der Waals surface area contributed by atoms with E-state index in [-0.39, 0.29) is 12.5 Å². The largest absolute Gasteiger partial charge is 0.493 e. The molecule has 0 aliphatic carbocycles. The lowest BCUT2D eigenvalue weighted by atomic mass is 10.1. The van der Waals surface area contributed by atoms with Crippen LogP contribution in [0.25, 0.3) is 0 Å². The van der Waals surface area contributed by atoms with Crippen LogP contribution in [0.5, 0.6) is 11.5 Å². The molecule has 6 nitrogen and oxygen atoms in total. The van der Waals surface area contributed by atoms with E-state index >= 15 is 0 Å². The normalized spacial score (nSPS) is 10.2. The van der Waals surface area contributed by atoms with Gasteiger partial charge in [0.1, 0.15) is 5.82 Å². The molecule has 2 aromatic carbocycles. The Morgan fingerprint density at radius 1 is 1.00 bits per heavy atom. The number of aromatic nitrogens is 1. The molecule has 0 unspecified atom stereocenters. The molecule has 0 saturated heterocycles. The van der Waals surface area contributed by atoms with E-state index in [9.17, 15) is 4.79 Å². The van der Waals surface area contributed by atoms with Gasteiger partial charge in [-0.25, -0.2) is 4.98 Å². The average molecular weight is 377 g/mol. The van der Waals surface area contributed by atoms with Crippen LogP contribution < -0.4 is 20.1 Å². The Bertz CT molecular complexity index is 926. The topological polar surface area (TPSA) is 72.5 Å². The van der Waals surface area contributed by atoms with Crippen molar-refractivity contribution < 1.29 is 14.3 Å². The van der Waals surface area contributed by atoms with E-state index in [0.717, 1.165) is 5.69 Å². The van der Waals surface area contributed by atoms with Gasteiger partial charge in [0.05, 0.1) is 19.0 Å². The molecule has 0 radical (unpaired) electrons. The molecule has 28 heavy (non-hydrogen) atoms. The third-order valence-corrected chi connectivity index (χ3v) is 4.20. The molecule has 0 saturated carbocycles. The highest BCUT2D eigenvalue weighted by Gasteiger charge is 2.08. The van der Waals surface area contributed by atoms with Crippen molar-refractivity contribution in [3.05, 3.63) is 78.0 Å². The minimum atomic E-state index is -0.293. The van der Waals surface area contributed by atoms with Crippen LogP contribution in [-0.2, 0) is 11.3 Å². The molecule has 0 atom stereocenters. The number of anilines is 2. The zero-order valence-corrected chi connectivity index (χ0v) is 15.9. The fourth-order valence-electron chi connectivity index (χ4n) is 2.64. The lowest BCUT2D eigenvalue weighted by Gasteiger charge is -2.11. The number of aryl methyl sites for hydroxylation is 1. The number of hydrogen-bond acceptors (Lipinski definition) is 5. The van der Waals surface area contributed by atoms with Crippen LogP contribution in [0.15, 0.2) is 66.9 Å². The first-order chi connectivity index (χ1) is 13.7. The van der Waals surface area contributed by atoms with Crippen molar-refractivity contribution in [1.29, 1.82) is 0 Å². The number of ether oxygens (including phenoxy) is 2. The number of nitrogens with zero attached hydrogens (tertiary/aromatic N) is 1. The van der Waals surface area contributed by atoms with Gasteiger partial charge in [0.15, 0.2) is 18.1 Å². The second kappa shape index (κ2) is 9.41. The minimum absolute atomic E-state index is 0.130. The molecule has 3 rings (SSSR count). The molecule has 1 amide bonds. The summed E-state index contributed by atoms with van der Waals surface area (Å²) >= 11 is 0. The molecule has 0 fully saturated rings. The average Bonchev–Trinajstić information content (AvgIpc) is 2.73. The highest BCUT2D eigenvalue weighted by molar-refractivity contribution is 5.91. The predicted molar refractivity (Wildman–Crippen MR) is 110 cm³/mol. The van der Waals surface area contributed by atoms with Crippen LogP contribution in [-0.4, -0.2) is 24.6 Å². The molecular formula is C22H23N3O3. The summed E-state index contributed by atoms with van der Waals surface area (Å²) in [7, 11) is 1.56. The summed E-state index contributed by atoms with van der Waals surface area (Å²) in [6.07, 6.45) is 1.69. The van der Waals surface area contributed by atoms with Gasteiger partial charge >= 0.3 is 0 Å². The first-order valence-corrected chi connectivity index (χ1v) is 8.96. The number of methoxy groups -OCH3 is 1. The van der Waals surface area contributed by atoms with Crippen LogP contribution in [0.2, 0.25) is 0 Å². The van der Waals surface area contributed by atoms with Crippen LogP contribution in [0.4, 0.5) is 11.5 Å². The summed E-state index contributed by atoms with van der Waals surface area (Å²) in [5, 5.41) is 6.04. The van der Waals surface area contributed by atoms with Crippen LogP contribution >= 0.6 is 0 Å². The summed E-state index contributed by atoms with van der Waals surface area (Å²) < 4.78 is 10.7. The molecule has 3 aromatic rings. The molecule has 0 bridgehead atoms. The number of hydrogen-bond donors (Lipinski definition) is 2. The van der Waals surface area contributed by atoms with Gasteiger partial charge in [-0.15, -0.1) is 0 Å². The smallest absolute Gasteiger partial charge is 0.263 e. The first-order valence-electron chi connectivity index (χ1n) is 8.96. The quantitative estimate of drug-likeness (QED) is 0.620. The number of benzene rings is 2. The van der Waals surface area contributed by atoms with Crippen LogP contribution in [0.1, 0.15) is 11.1 Å². The summed E-state index contributed by atoms with van der Waals surface area (Å²) in [5.74, 6) is 1.27. The Kier molecular flexibility index (Phi) is 6.46. The molecule has 1 heterocycles. The second-order valence-electron chi connectivity index (χ2n) is 6.20. The van der Waals surface area contributed by atoms with E-state index in [0.29, 0.717) is 23.9 Å². The van der Waals surface area contributed by atoms with E-state index in [1.165, 1.54) is 11.1 Å². The first kappa shape index (κ1) is 19.2. The van der Waals surface area contributed by atoms with Gasteiger partial charge in [0.25, 0.3) is 5.91 Å². The standard InChI is InChI=1S/C22H23N3O3/c1-16-7-3-4-8-17(16)13-23-18-11-12-21(24-14-18)25-22(26)15-28-20-10-6-5-9-19(20)27-2/h3-12,14,23H,13,15H2,1-2H3,(H,24,25,26). The van der Waals surface area contributed by atoms with Gasteiger partial charge in [-0.3, -0.25) is 4.79 Å². The molecular weight excluding hydrogens is 354 g/mol. The number of amides is 1. The third kappa shape index (κ3) is 5.23. The third-order valence-electron chi connectivity index (χ3n) is 4.20. The monoisotopic (exact) mass is 377 g/mol. The SMILES string of the molecule is COc1ccccc1OCC(=O)Nc1ccc(NCc2ccccc2C)cn1. The van der Waals surface area contributed by atoms with Gasteiger partial charge in [-0.05, 0) is 42.3 Å². The van der Waals surface area contributed by atoms with Gasteiger partial charge in [0.2, 0.25) is 0 Å². The zero-order chi connectivity index (χ0) is 19.8. The highest BCUT2D eigenvalue weighted by Crippen LogP contribution is 2.25. The molecule has 1 aromatic heterocycles. The summed E-state index contributed by atoms with van der Waals surface area (Å²) in [6, 6.07) is 19.0. The second-order valence-corrected chi connectivity index (χ2v) is 6.20. The fourth-order valence-corrected chi connectivity index (χ4v) is 2.64. The molecule has 144 valence electrons. The summed E-state index contributed by atoms with van der Waals surface area (Å²) in [6.45, 7) is 2.67. The van der Waals surface area contributed by atoms with E-state index < -0.39 is 0 Å². The highest BCUT2D eigenvalue weighted by atomic mass is 16.5. The number of carbonyl (C=O) groups excluding carboxylic acids is 1. The van der Waals surface area contributed by atoms with E-state index in [1.807, 2.05) is 30.3 Å². The van der Waals surface area contributed by atoms with Gasteiger partial charge < -0.3 is 20.1 Å². The Morgan fingerprint density at radius 2 is 1.75 bits per heavy atom. The lowest BCUT2D eigenvalue weighted by Crippen LogP contribution is -2.20. The Labute approximate surface area is 164 Å². The molecule has 2 N–H and O–H groups in total. The maximum Gasteiger partial charge on any atom is 0.263 e. The van der Waals surface area contributed by atoms with Crippen molar-refractivity contribution in [2.45, 2.75) is 13.5 Å². The van der Waals surface area contributed by atoms with Gasteiger partial charge in [-0.1, -0.05) is 36.4 Å². The Morgan fingerprint density at radius 3 is 2.46 bits per heavy atom. The van der Waals surface area contributed by atoms with Crippen molar-refractivity contribution in [2.75, 3.05) is 24.4 Å². The lowest BCUT2D eigenvalue weighted by molar-refractivity contribution is -0.118. The fraction of sp³-hybridized carbons (Fsp3) is 0.182. The van der Waals surface area contributed by atoms with Crippen LogP contribution in [0.3, 0.4) is 0 Å². The van der Waals surface area contributed by atoms with E-state index in [2.05, 4.69) is 34.7 Å². The minimum Gasteiger partial charge on any atom is -0.493 e. The van der Waals surface area contributed by atoms with Gasteiger partial charge in [-0.2, -0.15) is 0 Å². The Balaban J connectivity index is 1.49. The molecule has 6 heteroatoms. The maximum atomic E-state index is 12.1. The molecule has 0 spiro atoms. The number of pyridine rings is 1. The predicted octanol–water partition coefficient (Wildman–Crippen LogP) is 4.03. The van der Waals surface area contributed by atoms with E-state index in [1.54, 1.807) is 31.5 Å². The van der Waals surface area contributed by atoms with Crippen molar-refractivity contribution in [3.8, 4) is 11.5 Å². The number of para-hydroxylation sites is 2. The van der Waals surface area contributed by atoms with Crippen molar-refractivity contribution in [1.82, 2.24) is 4.98 Å². The summed E-state index contributed by atoms with van der Waals surface area (Å²) in [4.78, 5) is 16.4.